The number of rotatable bonds is 4. The van der Waals surface area contributed by atoms with Gasteiger partial charge in [-0.25, -0.2) is 0 Å². The third kappa shape index (κ3) is 3.41. The van der Waals surface area contributed by atoms with Crippen LogP contribution >= 0.6 is 0 Å². The number of carbonyl (C=O) groups is 1. The number of amides is 1. The van der Waals surface area contributed by atoms with E-state index in [4.69, 9.17) is 0 Å². The van der Waals surface area contributed by atoms with Gasteiger partial charge in [0.25, 0.3) is 0 Å². The van der Waals surface area contributed by atoms with E-state index < -0.39 is 0 Å². The second-order valence-corrected chi connectivity index (χ2v) is 7.14. The van der Waals surface area contributed by atoms with Crippen molar-refractivity contribution in [2.75, 3.05) is 18.0 Å². The van der Waals surface area contributed by atoms with Gasteiger partial charge in [0.2, 0.25) is 5.91 Å². The lowest BCUT2D eigenvalue weighted by Gasteiger charge is -2.31. The summed E-state index contributed by atoms with van der Waals surface area (Å²) in [4.78, 5) is 15.2. The van der Waals surface area contributed by atoms with Crippen molar-refractivity contribution in [1.29, 1.82) is 0 Å². The topological polar surface area (TPSA) is 61.0 Å². The van der Waals surface area contributed by atoms with Crippen LogP contribution in [0.3, 0.4) is 0 Å². The Hall–Kier alpha value is -2.30. The highest BCUT2D eigenvalue weighted by molar-refractivity contribution is 5.84. The van der Waals surface area contributed by atoms with Gasteiger partial charge < -0.3 is 10.2 Å². The van der Waals surface area contributed by atoms with Gasteiger partial charge >= 0.3 is 0 Å². The van der Waals surface area contributed by atoms with E-state index in [1.807, 2.05) is 6.20 Å². The van der Waals surface area contributed by atoms with E-state index in [0.29, 0.717) is 6.54 Å². The molecule has 1 fully saturated rings. The number of carbonyl (C=O) groups excluding carboxylic acids is 1. The highest BCUT2D eigenvalue weighted by Crippen LogP contribution is 2.30. The summed E-state index contributed by atoms with van der Waals surface area (Å²) in [5.41, 5.74) is 4.68. The summed E-state index contributed by atoms with van der Waals surface area (Å²) < 4.78 is 0. The molecule has 2 N–H and O–H groups in total. The first kappa shape index (κ1) is 16.2. The molecule has 1 aromatic heterocycles. The number of aromatic amines is 1. The highest BCUT2D eigenvalue weighted by Gasteiger charge is 2.28. The lowest BCUT2D eigenvalue weighted by molar-refractivity contribution is -0.123. The first-order chi connectivity index (χ1) is 12.3. The van der Waals surface area contributed by atoms with Crippen molar-refractivity contribution in [3.63, 3.8) is 0 Å². The first-order valence-corrected chi connectivity index (χ1v) is 9.45. The Morgan fingerprint density at radius 1 is 1.20 bits per heavy atom. The molecule has 5 nitrogen and oxygen atoms in total. The van der Waals surface area contributed by atoms with Gasteiger partial charge in [0.15, 0.2) is 0 Å². The number of hydrogen-bond donors (Lipinski definition) is 2. The van der Waals surface area contributed by atoms with Crippen LogP contribution in [0.5, 0.6) is 0 Å². The smallest absolute Gasteiger partial charge is 0.227 e. The predicted octanol–water partition coefficient (Wildman–Crippen LogP) is 3.14. The quantitative estimate of drug-likeness (QED) is 0.900. The molecular formula is C20H26N4O. The molecule has 1 saturated heterocycles. The highest BCUT2D eigenvalue weighted by atomic mass is 16.1. The molecule has 2 heterocycles. The molecule has 0 spiro atoms. The van der Waals surface area contributed by atoms with Crippen molar-refractivity contribution in [2.45, 2.75) is 51.0 Å². The number of piperidine rings is 1. The van der Waals surface area contributed by atoms with E-state index in [2.05, 4.69) is 44.7 Å². The zero-order valence-corrected chi connectivity index (χ0v) is 14.6. The monoisotopic (exact) mass is 338 g/mol. The fraction of sp³-hybridized carbons (Fsp3) is 0.500. The number of H-pyrrole nitrogens is 1. The van der Waals surface area contributed by atoms with E-state index in [1.165, 1.54) is 30.5 Å². The maximum atomic E-state index is 12.8. The fourth-order valence-corrected chi connectivity index (χ4v) is 4.14. The Balaban J connectivity index is 1.45. The Morgan fingerprint density at radius 3 is 2.92 bits per heavy atom. The molecule has 0 bridgehead atoms. The van der Waals surface area contributed by atoms with Crippen LogP contribution < -0.4 is 10.2 Å². The van der Waals surface area contributed by atoms with Crippen molar-refractivity contribution < 1.29 is 4.79 Å². The van der Waals surface area contributed by atoms with Crippen LogP contribution in [0.2, 0.25) is 0 Å². The molecule has 5 heteroatoms. The molecule has 0 radical (unpaired) electrons. The van der Waals surface area contributed by atoms with Crippen LogP contribution in [-0.4, -0.2) is 29.2 Å². The number of anilines is 1. The van der Waals surface area contributed by atoms with Gasteiger partial charge in [0.1, 0.15) is 0 Å². The molecule has 1 aromatic carbocycles. The normalized spacial score (nSPS) is 20.2. The molecule has 1 aliphatic carbocycles. The SMILES string of the molecule is O=C(NCc1ccccc1N1CCCCC1)C1CCCc2[nH]ncc21. The van der Waals surface area contributed by atoms with Gasteiger partial charge in [-0.2, -0.15) is 5.10 Å². The number of fused-ring (bicyclic) bond motifs is 1. The average Bonchev–Trinajstić information content (AvgIpc) is 3.16. The molecule has 1 amide bonds. The molecule has 4 rings (SSSR count). The molecule has 2 aromatic rings. The number of nitrogens with zero attached hydrogens (tertiary/aromatic N) is 2. The average molecular weight is 338 g/mol. The first-order valence-electron chi connectivity index (χ1n) is 9.45. The van der Waals surface area contributed by atoms with E-state index >= 15 is 0 Å². The fourth-order valence-electron chi connectivity index (χ4n) is 4.14. The largest absolute Gasteiger partial charge is 0.371 e. The van der Waals surface area contributed by atoms with Crippen LogP contribution in [-0.2, 0) is 17.8 Å². The second kappa shape index (κ2) is 7.30. The minimum atomic E-state index is -0.0651. The Bertz CT molecular complexity index is 733. The summed E-state index contributed by atoms with van der Waals surface area (Å²) in [7, 11) is 0. The standard InChI is InChI=1S/C20H26N4O/c25-20(16-8-6-9-18-17(16)14-22-23-18)21-13-15-7-2-3-10-19(15)24-11-4-1-5-12-24/h2-3,7,10,14,16H,1,4-6,8-9,11-13H2,(H,21,25)(H,22,23). The minimum absolute atomic E-state index is 0.0651. The van der Waals surface area contributed by atoms with Crippen LogP contribution in [0.1, 0.15) is 54.8 Å². The molecule has 132 valence electrons. The zero-order valence-electron chi connectivity index (χ0n) is 14.6. The summed E-state index contributed by atoms with van der Waals surface area (Å²) in [6.45, 7) is 2.83. The summed E-state index contributed by atoms with van der Waals surface area (Å²) in [5, 5.41) is 10.3. The molecular weight excluding hydrogens is 312 g/mol. The zero-order chi connectivity index (χ0) is 17.1. The van der Waals surface area contributed by atoms with Gasteiger partial charge in [-0.1, -0.05) is 18.2 Å². The summed E-state index contributed by atoms with van der Waals surface area (Å²) in [6, 6.07) is 8.47. The van der Waals surface area contributed by atoms with Gasteiger partial charge in [0.05, 0.1) is 12.1 Å². The number of aromatic nitrogens is 2. The van der Waals surface area contributed by atoms with E-state index in [-0.39, 0.29) is 11.8 Å². The maximum Gasteiger partial charge on any atom is 0.227 e. The number of aryl methyl sites for hydroxylation is 1. The van der Waals surface area contributed by atoms with E-state index in [9.17, 15) is 4.79 Å². The van der Waals surface area contributed by atoms with Crippen molar-refractivity contribution >= 4 is 11.6 Å². The lowest BCUT2D eigenvalue weighted by Crippen LogP contribution is -2.33. The molecule has 0 saturated carbocycles. The Kier molecular flexibility index (Phi) is 4.72. The molecule has 1 aliphatic heterocycles. The van der Waals surface area contributed by atoms with Gasteiger partial charge in [-0.05, 0) is 50.2 Å². The third-order valence-electron chi connectivity index (χ3n) is 5.50. The number of benzene rings is 1. The summed E-state index contributed by atoms with van der Waals surface area (Å²) in [6.07, 6.45) is 8.60. The number of hydrogen-bond acceptors (Lipinski definition) is 3. The van der Waals surface area contributed by atoms with Crippen LogP contribution in [0.25, 0.3) is 0 Å². The summed E-state index contributed by atoms with van der Waals surface area (Å²) >= 11 is 0. The molecule has 25 heavy (non-hydrogen) atoms. The molecule has 1 atom stereocenters. The van der Waals surface area contributed by atoms with Crippen LogP contribution in [0.4, 0.5) is 5.69 Å². The number of nitrogens with one attached hydrogen (secondary N) is 2. The maximum absolute atomic E-state index is 12.8. The van der Waals surface area contributed by atoms with E-state index in [0.717, 1.165) is 43.6 Å². The summed E-state index contributed by atoms with van der Waals surface area (Å²) in [5.74, 6) is 0.0560. The van der Waals surface area contributed by atoms with Crippen molar-refractivity contribution in [3.05, 3.63) is 47.3 Å². The molecule has 2 aliphatic rings. The van der Waals surface area contributed by atoms with Gasteiger partial charge in [0, 0.05) is 36.6 Å². The minimum Gasteiger partial charge on any atom is -0.371 e. The molecule has 1 unspecified atom stereocenters. The predicted molar refractivity (Wildman–Crippen MR) is 98.6 cm³/mol. The van der Waals surface area contributed by atoms with E-state index in [1.54, 1.807) is 0 Å². The third-order valence-corrected chi connectivity index (χ3v) is 5.50. The second-order valence-electron chi connectivity index (χ2n) is 7.14. The lowest BCUT2D eigenvalue weighted by atomic mass is 9.86. The number of para-hydroxylation sites is 1. The Labute approximate surface area is 148 Å². The van der Waals surface area contributed by atoms with Crippen molar-refractivity contribution in [2.24, 2.45) is 0 Å². The Morgan fingerprint density at radius 2 is 2.04 bits per heavy atom. The van der Waals surface area contributed by atoms with Gasteiger partial charge in [-0.3, -0.25) is 9.89 Å². The van der Waals surface area contributed by atoms with Crippen LogP contribution in [0, 0.1) is 0 Å². The van der Waals surface area contributed by atoms with Crippen molar-refractivity contribution in [1.82, 2.24) is 15.5 Å². The van der Waals surface area contributed by atoms with Crippen molar-refractivity contribution in [3.8, 4) is 0 Å². The van der Waals surface area contributed by atoms with Gasteiger partial charge in [-0.15, -0.1) is 0 Å². The van der Waals surface area contributed by atoms with Crippen LogP contribution in [0.15, 0.2) is 30.5 Å².